The Labute approximate surface area is 655 Å². The number of aliphatic carboxylic acids is 1. The van der Waals surface area contributed by atoms with Crippen molar-refractivity contribution < 1.29 is 132 Å². The molecule has 7 amide bonds. The number of rotatable bonds is 21. The molecule has 5 aromatic rings. The monoisotopic (exact) mass is 1620 g/mol. The summed E-state index contributed by atoms with van der Waals surface area (Å²) in [6.45, 7) is 7.46. The Morgan fingerprint density at radius 3 is 1.99 bits per heavy atom. The molecule has 610 valence electrons. The zero-order chi connectivity index (χ0) is 82.0. The highest BCUT2D eigenvalue weighted by molar-refractivity contribution is 6.32. The van der Waals surface area contributed by atoms with Gasteiger partial charge in [-0.15, -0.1) is 0 Å². The molecule has 0 saturated carbocycles. The highest BCUT2D eigenvalue weighted by Gasteiger charge is 2.65. The predicted octanol–water partition coefficient (Wildman–Crippen LogP) is 1.50. The van der Waals surface area contributed by atoms with Gasteiger partial charge in [-0.25, -0.2) is 9.59 Å². The molecule has 12 unspecified atom stereocenters. The van der Waals surface area contributed by atoms with Gasteiger partial charge in [0.25, 0.3) is 0 Å². The summed E-state index contributed by atoms with van der Waals surface area (Å²) in [5.41, 5.74) is -0.445. The third-order valence-corrected chi connectivity index (χ3v) is 21.0. The number of aliphatic hydroxyl groups is 5. The van der Waals surface area contributed by atoms with Gasteiger partial charge in [0, 0.05) is 47.9 Å². The fourth-order valence-corrected chi connectivity index (χ4v) is 14.8. The molecule has 19 N–H and O–H groups in total. The number of hydrogen-bond donors (Lipinski definition) is 18. The highest BCUT2D eigenvalue weighted by atomic mass is 35.5. The number of likely N-dealkylation sites (N-methyl/N-ethyl adjacent to an activating group) is 1. The smallest absolute Gasteiger partial charge is 0.336 e. The van der Waals surface area contributed by atoms with Crippen LogP contribution in [-0.4, -0.2) is 224 Å². The number of methoxy groups -OCH3 is 1. The maximum Gasteiger partial charge on any atom is 0.336 e. The zero-order valence-corrected chi connectivity index (χ0v) is 63.5. The first-order chi connectivity index (χ1) is 53.6. The number of carbonyl (C=O) groups is 9. The lowest BCUT2D eigenvalue weighted by Crippen LogP contribution is -2.77. The van der Waals surface area contributed by atoms with Gasteiger partial charge in [-0.1, -0.05) is 68.6 Å². The number of phenols is 3. The Morgan fingerprint density at radius 2 is 1.40 bits per heavy atom. The third-order valence-electron chi connectivity index (χ3n) is 20.5. The number of nitrogens with one attached hydrogen (secondary N) is 8. The largest absolute Gasteiger partial charge is 0.508 e. The van der Waals surface area contributed by atoms with E-state index in [0.29, 0.717) is 6.42 Å². The van der Waals surface area contributed by atoms with Crippen molar-refractivity contribution in [1.29, 1.82) is 0 Å². The van der Waals surface area contributed by atoms with E-state index < -0.39 is 250 Å². The number of aliphatic hydroxyl groups excluding tert-OH is 4. The van der Waals surface area contributed by atoms with Crippen LogP contribution >= 0.6 is 23.2 Å². The number of esters is 1. The van der Waals surface area contributed by atoms with Gasteiger partial charge < -0.3 is 137 Å². The van der Waals surface area contributed by atoms with Crippen LogP contribution in [0.1, 0.15) is 125 Å². The predicted molar refractivity (Wildman–Crippen MR) is 392 cm³/mol. The summed E-state index contributed by atoms with van der Waals surface area (Å²) >= 11 is 14.3. The summed E-state index contributed by atoms with van der Waals surface area (Å²) in [5, 5.41) is 125. The van der Waals surface area contributed by atoms with Gasteiger partial charge in [0.1, 0.15) is 89.0 Å². The normalized spacial score (nSPS) is 28.8. The summed E-state index contributed by atoms with van der Waals surface area (Å²) in [7, 11) is 2.67. The first-order valence-electron chi connectivity index (χ1n) is 36.2. The fourth-order valence-electron chi connectivity index (χ4n) is 14.3. The Balaban J connectivity index is 1.13. The topological polar surface area (TPSA) is 541 Å². The van der Waals surface area contributed by atoms with Crippen LogP contribution in [0.4, 0.5) is 0 Å². The standard InChI is InChI=1S/C75H89Cl2N9O27/c1-8-9-16-106-49(72(103)105-7)27-80-74(5)26-52(108-31(4)63(74)94)112-62-64-75(104,29-107-64)50(28-87)111-73(62)113-61-47-21-35-22-48(61)110-46-15-12-34(20-40(46)77)60(93)58-70(100)84-56(71(101)102)38-23-36(88)24-44(90)53(38)37-18-32(10-13-43(37)89)54(67(97)86-58)83-68(98)55(35)82-66(96)42(25-51(78)91)81-69(99)57(85-65(95)41(79-6)17-30(2)3)59(92)33-11-14-45(109-47)39(76)19-33/h10-15,18-24,30-31,41-42,49-50,52,54-60,62-64,73,79-80,87-90,92-94,104H,8-9,16-17,25-29H2,1-7H3,(H2,78,91)(H,81,99)(H,82,96)(H,83,98)(H,84,100)(H,85,95)(H,86,97)(H,101,102)/t31?,41-,42+,49?,50?,52?,54?,55-,56-,57?,58+,59-,60-,62?,63?,64?,73?,74?,75?/m1/s1. The molecule has 3 saturated heterocycles. The second-order valence-electron chi connectivity index (χ2n) is 28.9. The number of fused-ring (bicyclic) bond motifs is 16. The molecule has 8 aliphatic rings. The van der Waals surface area contributed by atoms with Crippen molar-refractivity contribution in [2.75, 3.05) is 40.5 Å². The molecule has 11 bridgehead atoms. The number of unbranched alkanes of at least 4 members (excludes halogenated alkanes) is 1. The number of carboxylic acids is 1. The van der Waals surface area contributed by atoms with Crippen LogP contribution in [0, 0.1) is 5.92 Å². The van der Waals surface area contributed by atoms with E-state index >= 15 is 14.4 Å². The van der Waals surface area contributed by atoms with Crippen LogP contribution in [0.5, 0.6) is 46.0 Å². The van der Waals surface area contributed by atoms with Crippen LogP contribution in [0.3, 0.4) is 0 Å². The molecule has 3 fully saturated rings. The van der Waals surface area contributed by atoms with Crippen molar-refractivity contribution in [1.82, 2.24) is 42.5 Å². The van der Waals surface area contributed by atoms with E-state index in [-0.39, 0.29) is 65.1 Å². The van der Waals surface area contributed by atoms with Crippen molar-refractivity contribution in [3.63, 3.8) is 0 Å². The summed E-state index contributed by atoms with van der Waals surface area (Å²) in [5.74, 6) is -16.6. The summed E-state index contributed by atoms with van der Waals surface area (Å²) in [6.07, 6.45) is -15.6. The van der Waals surface area contributed by atoms with Gasteiger partial charge in [-0.2, -0.15) is 0 Å². The molecular weight excluding hydrogens is 1530 g/mol. The molecule has 13 rings (SSSR count). The quantitative estimate of drug-likeness (QED) is 0.0366. The number of primary amides is 1. The Hall–Kier alpha value is -9.77. The van der Waals surface area contributed by atoms with Crippen LogP contribution in [-0.2, 0) is 71.6 Å². The number of carboxylic acid groups (broad SMARTS) is 1. The first-order valence-corrected chi connectivity index (χ1v) is 36.9. The molecule has 5 aromatic carbocycles. The van der Waals surface area contributed by atoms with E-state index in [0.717, 1.165) is 73.2 Å². The van der Waals surface area contributed by atoms with E-state index in [1.165, 1.54) is 26.3 Å². The van der Waals surface area contributed by atoms with Crippen LogP contribution in [0.15, 0.2) is 78.9 Å². The van der Waals surface area contributed by atoms with Crippen molar-refractivity contribution >= 4 is 76.5 Å². The molecule has 19 atom stereocenters. The molecule has 113 heavy (non-hydrogen) atoms. The van der Waals surface area contributed by atoms with E-state index in [9.17, 15) is 74.7 Å². The van der Waals surface area contributed by atoms with Gasteiger partial charge in [-0.05, 0) is 117 Å². The number of carbonyl (C=O) groups excluding carboxylic acids is 8. The summed E-state index contributed by atoms with van der Waals surface area (Å²) in [4.78, 5) is 131. The van der Waals surface area contributed by atoms with E-state index in [1.807, 2.05) is 20.8 Å². The molecule has 8 heterocycles. The van der Waals surface area contributed by atoms with Crippen LogP contribution in [0.2, 0.25) is 10.0 Å². The van der Waals surface area contributed by atoms with Gasteiger partial charge >= 0.3 is 11.9 Å². The lowest BCUT2D eigenvalue weighted by Gasteiger charge is -2.57. The van der Waals surface area contributed by atoms with Gasteiger partial charge in [0.05, 0.1) is 55.0 Å². The first kappa shape index (κ1) is 84.1. The van der Waals surface area contributed by atoms with E-state index in [2.05, 4.69) is 42.5 Å². The van der Waals surface area contributed by atoms with Crippen molar-refractivity contribution in [2.24, 2.45) is 11.7 Å². The Bertz CT molecular complexity index is 4480. The number of nitrogens with two attached hydrogens (primary N) is 1. The number of ether oxygens (including phenoxy) is 9. The number of phenolic OH excluding ortho intramolecular Hbond substituents is 3. The molecular formula is C75H89Cl2N9O27. The molecule has 38 heteroatoms. The average molecular weight is 1620 g/mol. The number of hydrogen-bond acceptors (Lipinski definition) is 28. The van der Waals surface area contributed by atoms with Crippen molar-refractivity contribution in [2.45, 2.75) is 182 Å². The lowest BCUT2D eigenvalue weighted by atomic mass is 9.80. The molecule has 36 nitrogen and oxygen atoms in total. The van der Waals surface area contributed by atoms with Gasteiger partial charge in [0.15, 0.2) is 36.0 Å². The van der Waals surface area contributed by atoms with Gasteiger partial charge in [0.2, 0.25) is 53.4 Å². The summed E-state index contributed by atoms with van der Waals surface area (Å²) < 4.78 is 57.0. The van der Waals surface area contributed by atoms with Crippen LogP contribution in [0.25, 0.3) is 11.1 Å². The molecule has 0 spiro atoms. The highest BCUT2D eigenvalue weighted by Crippen LogP contribution is 2.51. The minimum atomic E-state index is -2.35. The fraction of sp³-hybridized carbons (Fsp3) is 0.480. The van der Waals surface area contributed by atoms with Crippen molar-refractivity contribution in [3.8, 4) is 57.1 Å². The second-order valence-corrected chi connectivity index (χ2v) is 29.7. The van der Waals surface area contributed by atoms with E-state index in [1.54, 1.807) is 13.8 Å². The molecule has 0 aliphatic carbocycles. The van der Waals surface area contributed by atoms with E-state index in [4.69, 9.17) is 71.6 Å². The van der Waals surface area contributed by atoms with Gasteiger partial charge in [-0.3, -0.25) is 33.6 Å². The minimum absolute atomic E-state index is 0.106. The Morgan fingerprint density at radius 1 is 0.761 bits per heavy atom. The Kier molecular flexibility index (Phi) is 26.0. The lowest BCUT2D eigenvalue weighted by molar-refractivity contribution is -0.405. The third kappa shape index (κ3) is 17.9. The SMILES string of the molecule is CCCCOC(CNC1(C)CC(OC2C(Oc3c4cc5cc3Oc3ccc(cc3Cl)[C@@H](O)[C@@H]3NC(=O)C(NC(=O)[C@@H]5NC(=O)[C@H](CC(N)=O)NC(=O)C(NC(=O)[C@@H](CC(C)C)NC)[C@H](O)c5ccc(c(Cl)c5)O4)c4ccc(O)c(c4)-c4c(O)cc(O)cc4[C@H](C(=O)O)NC3=O)OC(CO)C3(O)COC23)OC(C)C1O)C(=O)OC. The average Bonchev–Trinajstić information content (AvgIpc) is 0.719. The number of amides is 7. The zero-order valence-electron chi connectivity index (χ0n) is 62.0. The number of halogens is 2. The maximum atomic E-state index is 16.2. The maximum absolute atomic E-state index is 16.2. The molecule has 8 aliphatic heterocycles. The second kappa shape index (κ2) is 34.9. The number of aromatic hydroxyl groups is 3. The minimum Gasteiger partial charge on any atom is -0.508 e. The molecule has 0 aromatic heterocycles. The summed E-state index contributed by atoms with van der Waals surface area (Å²) in [6, 6.07) is -0.530. The number of benzene rings is 5. The van der Waals surface area contributed by atoms with Crippen LogP contribution < -0.4 is 62.5 Å². The molecule has 0 radical (unpaired) electrons. The van der Waals surface area contributed by atoms with Crippen molar-refractivity contribution in [3.05, 3.63) is 117 Å².